The first-order valence-electron chi connectivity index (χ1n) is 6.31. The molecule has 1 heterocycles. The Balaban J connectivity index is 1.92. The molecule has 94 valence electrons. The smallest absolute Gasteiger partial charge is 0.127 e. The van der Waals surface area contributed by atoms with E-state index in [0.29, 0.717) is 12.1 Å². The van der Waals surface area contributed by atoms with E-state index >= 15 is 0 Å². The minimum absolute atomic E-state index is 0.419. The minimum Gasteiger partial charge on any atom is -0.382 e. The number of hydrogen-bond donors (Lipinski definition) is 2. The number of nitrogens with one attached hydrogen (secondary N) is 2. The van der Waals surface area contributed by atoms with E-state index in [2.05, 4.69) is 28.6 Å². The van der Waals surface area contributed by atoms with Crippen LogP contribution in [0.1, 0.15) is 26.2 Å². The normalized spacial score (nSPS) is 23.6. The van der Waals surface area contributed by atoms with Crippen LogP contribution in [-0.2, 0) is 4.74 Å². The molecule has 4 heteroatoms. The summed E-state index contributed by atoms with van der Waals surface area (Å²) in [5.74, 6) is 0.929. The highest BCUT2D eigenvalue weighted by Crippen LogP contribution is 2.25. The second kappa shape index (κ2) is 5.87. The Hall–Kier alpha value is -1.29. The van der Waals surface area contributed by atoms with Gasteiger partial charge in [-0.3, -0.25) is 0 Å². The first kappa shape index (κ1) is 12.2. The van der Waals surface area contributed by atoms with Crippen molar-refractivity contribution in [3.8, 4) is 0 Å². The highest BCUT2D eigenvalue weighted by Gasteiger charge is 2.24. The van der Waals surface area contributed by atoms with Gasteiger partial charge >= 0.3 is 0 Å². The summed E-state index contributed by atoms with van der Waals surface area (Å²) in [6.07, 6.45) is 5.68. The third-order valence-electron chi connectivity index (χ3n) is 3.21. The summed E-state index contributed by atoms with van der Waals surface area (Å²) in [5.41, 5.74) is 1.14. The molecular formula is C13H21N3O. The molecule has 0 spiro atoms. The number of aromatic nitrogens is 1. The van der Waals surface area contributed by atoms with Crippen molar-refractivity contribution >= 4 is 11.5 Å². The highest BCUT2D eigenvalue weighted by molar-refractivity contribution is 5.52. The largest absolute Gasteiger partial charge is 0.382 e. The Morgan fingerprint density at radius 1 is 1.47 bits per heavy atom. The molecule has 1 aliphatic carbocycles. The number of rotatable bonds is 5. The molecule has 2 atom stereocenters. The van der Waals surface area contributed by atoms with Crippen LogP contribution in [0.25, 0.3) is 0 Å². The van der Waals surface area contributed by atoms with Gasteiger partial charge in [0, 0.05) is 37.6 Å². The van der Waals surface area contributed by atoms with Crippen LogP contribution < -0.4 is 10.6 Å². The summed E-state index contributed by atoms with van der Waals surface area (Å²) >= 11 is 0. The lowest BCUT2D eigenvalue weighted by molar-refractivity contribution is 0.108. The van der Waals surface area contributed by atoms with E-state index in [9.17, 15) is 0 Å². The Bertz CT molecular complexity index is 356. The Morgan fingerprint density at radius 3 is 3.06 bits per heavy atom. The van der Waals surface area contributed by atoms with Crippen LogP contribution in [0.3, 0.4) is 0 Å². The van der Waals surface area contributed by atoms with Crippen molar-refractivity contribution in [1.29, 1.82) is 0 Å². The third kappa shape index (κ3) is 3.33. The summed E-state index contributed by atoms with van der Waals surface area (Å²) in [6.45, 7) is 2.97. The van der Waals surface area contributed by atoms with Gasteiger partial charge in [0.2, 0.25) is 0 Å². The summed E-state index contributed by atoms with van der Waals surface area (Å²) in [4.78, 5) is 4.26. The van der Waals surface area contributed by atoms with Gasteiger partial charge in [0.15, 0.2) is 0 Å². The average Bonchev–Trinajstić information content (AvgIpc) is 2.78. The van der Waals surface area contributed by atoms with Gasteiger partial charge in [-0.25, -0.2) is 4.98 Å². The number of nitrogens with zero attached hydrogens (tertiary/aromatic N) is 1. The number of anilines is 2. The van der Waals surface area contributed by atoms with Crippen molar-refractivity contribution in [2.24, 2.45) is 0 Å². The molecule has 0 aliphatic heterocycles. The number of methoxy groups -OCH3 is 1. The Morgan fingerprint density at radius 2 is 2.35 bits per heavy atom. The molecule has 0 amide bonds. The molecule has 1 aliphatic rings. The number of hydrogen-bond acceptors (Lipinski definition) is 4. The molecule has 17 heavy (non-hydrogen) atoms. The molecule has 4 nitrogen and oxygen atoms in total. The lowest BCUT2D eigenvalue weighted by Gasteiger charge is -2.15. The number of pyridine rings is 1. The second-order valence-electron chi connectivity index (χ2n) is 4.47. The fraction of sp³-hybridized carbons (Fsp3) is 0.615. The quantitative estimate of drug-likeness (QED) is 0.823. The first-order valence-corrected chi connectivity index (χ1v) is 6.31. The molecule has 1 fully saturated rings. The fourth-order valence-corrected chi connectivity index (χ4v) is 2.32. The maximum Gasteiger partial charge on any atom is 0.127 e. The van der Waals surface area contributed by atoms with Gasteiger partial charge in [0.25, 0.3) is 0 Å². The monoisotopic (exact) mass is 235 g/mol. The number of ether oxygens (including phenoxy) is 1. The van der Waals surface area contributed by atoms with E-state index in [1.807, 2.05) is 12.3 Å². The van der Waals surface area contributed by atoms with Crippen LogP contribution in [-0.4, -0.2) is 30.8 Å². The van der Waals surface area contributed by atoms with Crippen molar-refractivity contribution < 1.29 is 4.74 Å². The van der Waals surface area contributed by atoms with Gasteiger partial charge in [-0.2, -0.15) is 0 Å². The van der Waals surface area contributed by atoms with Gasteiger partial charge < -0.3 is 15.4 Å². The molecule has 0 bridgehead atoms. The maximum atomic E-state index is 5.38. The molecule has 1 aromatic heterocycles. The summed E-state index contributed by atoms with van der Waals surface area (Å²) in [6, 6.07) is 4.60. The van der Waals surface area contributed by atoms with Crippen molar-refractivity contribution in [1.82, 2.24) is 4.98 Å². The van der Waals surface area contributed by atoms with Crippen LogP contribution in [0.4, 0.5) is 11.5 Å². The highest BCUT2D eigenvalue weighted by atomic mass is 16.5. The van der Waals surface area contributed by atoms with Gasteiger partial charge in [0.1, 0.15) is 5.82 Å². The minimum atomic E-state index is 0.419. The van der Waals surface area contributed by atoms with Crippen molar-refractivity contribution in [3.63, 3.8) is 0 Å². The van der Waals surface area contributed by atoms with Crippen LogP contribution >= 0.6 is 0 Å². The predicted octanol–water partition coefficient (Wildman–Crippen LogP) is 2.49. The molecule has 0 radical (unpaired) electrons. The zero-order valence-electron chi connectivity index (χ0n) is 10.6. The second-order valence-corrected chi connectivity index (χ2v) is 4.47. The van der Waals surface area contributed by atoms with Crippen LogP contribution in [0.2, 0.25) is 0 Å². The van der Waals surface area contributed by atoms with Gasteiger partial charge in [0.05, 0.1) is 6.10 Å². The zero-order chi connectivity index (χ0) is 12.1. The lowest BCUT2D eigenvalue weighted by atomic mass is 10.2. The SMILES string of the molecule is CCNc1cc(NC2CCC(OC)C2)ccn1. The average molecular weight is 235 g/mol. The summed E-state index contributed by atoms with van der Waals surface area (Å²) < 4.78 is 5.38. The van der Waals surface area contributed by atoms with E-state index in [0.717, 1.165) is 30.9 Å². The Kier molecular flexibility index (Phi) is 4.20. The van der Waals surface area contributed by atoms with Crippen molar-refractivity contribution in [2.45, 2.75) is 38.3 Å². The molecule has 2 N–H and O–H groups in total. The molecule has 0 saturated heterocycles. The van der Waals surface area contributed by atoms with E-state index < -0.39 is 0 Å². The molecular weight excluding hydrogens is 214 g/mol. The maximum absolute atomic E-state index is 5.38. The lowest BCUT2D eigenvalue weighted by Crippen LogP contribution is -2.17. The van der Waals surface area contributed by atoms with E-state index in [-0.39, 0.29) is 0 Å². The zero-order valence-corrected chi connectivity index (χ0v) is 10.6. The topological polar surface area (TPSA) is 46.2 Å². The summed E-state index contributed by atoms with van der Waals surface area (Å²) in [7, 11) is 1.79. The van der Waals surface area contributed by atoms with E-state index in [1.54, 1.807) is 7.11 Å². The fourth-order valence-electron chi connectivity index (χ4n) is 2.32. The molecule has 0 aromatic carbocycles. The van der Waals surface area contributed by atoms with Crippen molar-refractivity contribution in [3.05, 3.63) is 18.3 Å². The van der Waals surface area contributed by atoms with Crippen molar-refractivity contribution in [2.75, 3.05) is 24.3 Å². The first-order chi connectivity index (χ1) is 8.31. The van der Waals surface area contributed by atoms with Crippen LogP contribution in [0, 0.1) is 0 Å². The standard InChI is InChI=1S/C13H21N3O/c1-3-14-13-9-11(6-7-15-13)16-10-4-5-12(8-10)17-2/h6-7,9-10,12H,3-5,8H2,1-2H3,(H2,14,15,16). The molecule has 2 unspecified atom stereocenters. The van der Waals surface area contributed by atoms with Gasteiger partial charge in [-0.15, -0.1) is 0 Å². The van der Waals surface area contributed by atoms with E-state index in [1.165, 1.54) is 6.42 Å². The van der Waals surface area contributed by atoms with Crippen LogP contribution in [0.5, 0.6) is 0 Å². The predicted molar refractivity (Wildman–Crippen MR) is 70.5 cm³/mol. The molecule has 1 saturated carbocycles. The third-order valence-corrected chi connectivity index (χ3v) is 3.21. The molecule has 2 rings (SSSR count). The Labute approximate surface area is 103 Å². The van der Waals surface area contributed by atoms with Gasteiger partial charge in [-0.1, -0.05) is 0 Å². The van der Waals surface area contributed by atoms with Gasteiger partial charge in [-0.05, 0) is 32.3 Å². The van der Waals surface area contributed by atoms with E-state index in [4.69, 9.17) is 4.74 Å². The molecule has 1 aromatic rings. The summed E-state index contributed by atoms with van der Waals surface area (Å²) in [5, 5.41) is 6.76. The van der Waals surface area contributed by atoms with Crippen LogP contribution in [0.15, 0.2) is 18.3 Å².